The minimum Gasteiger partial charge on any atom is -0.274 e. The molecule has 3 nitrogen and oxygen atoms in total. The quantitative estimate of drug-likeness (QED) is 0.781. The van der Waals surface area contributed by atoms with E-state index >= 15 is 0 Å². The monoisotopic (exact) mass is 353 g/mol. The van der Waals surface area contributed by atoms with Crippen molar-refractivity contribution in [1.29, 1.82) is 0 Å². The van der Waals surface area contributed by atoms with E-state index in [-0.39, 0.29) is 12.1 Å². The molecular weight excluding hydrogens is 344 g/mol. The van der Waals surface area contributed by atoms with Crippen molar-refractivity contribution in [2.75, 3.05) is 4.90 Å². The van der Waals surface area contributed by atoms with Crippen molar-refractivity contribution >= 4 is 40.9 Å². The van der Waals surface area contributed by atoms with Gasteiger partial charge in [0.05, 0.1) is 10.9 Å². The predicted octanol–water partition coefficient (Wildman–Crippen LogP) is 4.04. The van der Waals surface area contributed by atoms with Crippen LogP contribution in [0.5, 0.6) is 0 Å². The molecule has 7 heteroatoms. The van der Waals surface area contributed by atoms with E-state index in [0.29, 0.717) is 11.1 Å². The highest BCUT2D eigenvalue weighted by Gasteiger charge is 2.41. The van der Waals surface area contributed by atoms with Crippen LogP contribution in [0, 0.1) is 11.6 Å². The maximum absolute atomic E-state index is 13.8. The maximum Gasteiger partial charge on any atom is 0.247 e. The first kappa shape index (κ1) is 16.0. The van der Waals surface area contributed by atoms with Crippen molar-refractivity contribution in [3.8, 4) is 0 Å². The Labute approximate surface area is 140 Å². The lowest BCUT2D eigenvalue weighted by molar-refractivity contribution is -0.121. The Kier molecular flexibility index (Phi) is 4.37. The van der Waals surface area contributed by atoms with E-state index < -0.39 is 28.7 Å². The summed E-state index contributed by atoms with van der Waals surface area (Å²) in [5, 5.41) is -0.0775. The summed E-state index contributed by atoms with van der Waals surface area (Å²) in [5.74, 6) is -2.73. The van der Waals surface area contributed by atoms with Gasteiger partial charge in [-0.05, 0) is 36.4 Å². The van der Waals surface area contributed by atoms with Gasteiger partial charge in [-0.3, -0.25) is 9.59 Å². The molecule has 2 aromatic rings. The molecule has 0 radical (unpaired) electrons. The summed E-state index contributed by atoms with van der Waals surface area (Å²) in [6.45, 7) is 0. The Morgan fingerprint density at radius 2 is 1.78 bits per heavy atom. The summed E-state index contributed by atoms with van der Waals surface area (Å²) < 4.78 is 26.8. The molecule has 0 aromatic heterocycles. The largest absolute Gasteiger partial charge is 0.274 e. The number of hydrogen-bond donors (Lipinski definition) is 0. The zero-order valence-electron chi connectivity index (χ0n) is 11.6. The molecule has 2 aromatic carbocycles. The van der Waals surface area contributed by atoms with Gasteiger partial charge >= 0.3 is 0 Å². The van der Waals surface area contributed by atoms with Gasteiger partial charge in [0, 0.05) is 22.4 Å². The number of anilines is 1. The van der Waals surface area contributed by atoms with E-state index in [0.717, 1.165) is 21.9 Å². The highest BCUT2D eigenvalue weighted by molar-refractivity contribution is 8.00. The zero-order chi connectivity index (χ0) is 16.6. The van der Waals surface area contributed by atoms with E-state index in [1.807, 2.05) is 0 Å². The van der Waals surface area contributed by atoms with E-state index in [4.69, 9.17) is 11.6 Å². The van der Waals surface area contributed by atoms with Gasteiger partial charge in [0.15, 0.2) is 0 Å². The Balaban J connectivity index is 1.83. The van der Waals surface area contributed by atoms with Crippen LogP contribution in [0.4, 0.5) is 14.5 Å². The molecule has 118 valence electrons. The maximum atomic E-state index is 13.8. The summed E-state index contributed by atoms with van der Waals surface area (Å²) in [6, 6.07) is 9.60. The third-order valence-corrected chi connectivity index (χ3v) is 4.80. The van der Waals surface area contributed by atoms with Crippen molar-refractivity contribution in [2.24, 2.45) is 0 Å². The number of hydrogen-bond acceptors (Lipinski definition) is 3. The fraction of sp³-hybridized carbons (Fsp3) is 0.125. The van der Waals surface area contributed by atoms with Gasteiger partial charge in [-0.2, -0.15) is 0 Å². The summed E-state index contributed by atoms with van der Waals surface area (Å²) >= 11 is 7.01. The first-order chi connectivity index (χ1) is 11.0. The molecule has 0 spiro atoms. The van der Waals surface area contributed by atoms with Gasteiger partial charge in [0.1, 0.15) is 11.6 Å². The molecule has 0 unspecified atom stereocenters. The molecular formula is C16H10ClF2NO2S. The van der Waals surface area contributed by atoms with E-state index in [9.17, 15) is 18.4 Å². The zero-order valence-corrected chi connectivity index (χ0v) is 13.2. The number of amides is 2. The average molecular weight is 354 g/mol. The lowest BCUT2D eigenvalue weighted by Crippen LogP contribution is -2.31. The van der Waals surface area contributed by atoms with Crippen LogP contribution < -0.4 is 4.90 Å². The Hall–Kier alpha value is -1.92. The molecule has 3 rings (SSSR count). The smallest absolute Gasteiger partial charge is 0.247 e. The first-order valence-electron chi connectivity index (χ1n) is 6.70. The van der Waals surface area contributed by atoms with Gasteiger partial charge in [0.2, 0.25) is 11.8 Å². The van der Waals surface area contributed by atoms with Crippen molar-refractivity contribution in [1.82, 2.24) is 0 Å². The Morgan fingerprint density at radius 1 is 1.09 bits per heavy atom. The first-order valence-corrected chi connectivity index (χ1v) is 7.95. The van der Waals surface area contributed by atoms with E-state index in [1.54, 1.807) is 24.3 Å². The van der Waals surface area contributed by atoms with Crippen LogP contribution in [-0.4, -0.2) is 17.1 Å². The number of nitrogens with zero attached hydrogens (tertiary/aromatic N) is 1. The summed E-state index contributed by atoms with van der Waals surface area (Å²) in [5.41, 5.74) is -0.222. The van der Waals surface area contributed by atoms with Crippen molar-refractivity contribution in [3.63, 3.8) is 0 Å². The molecule has 23 heavy (non-hydrogen) atoms. The Bertz CT molecular complexity index is 782. The van der Waals surface area contributed by atoms with Crippen molar-refractivity contribution < 1.29 is 18.4 Å². The highest BCUT2D eigenvalue weighted by Crippen LogP contribution is 2.35. The Morgan fingerprint density at radius 3 is 2.43 bits per heavy atom. The molecule has 1 fully saturated rings. The van der Waals surface area contributed by atoms with Crippen LogP contribution >= 0.6 is 23.4 Å². The fourth-order valence-corrected chi connectivity index (χ4v) is 3.47. The van der Waals surface area contributed by atoms with Gasteiger partial charge in [-0.15, -0.1) is 11.8 Å². The molecule has 1 heterocycles. The molecule has 1 aliphatic rings. The molecule has 1 saturated heterocycles. The molecule has 0 aliphatic carbocycles. The number of thioether (sulfide) groups is 1. The van der Waals surface area contributed by atoms with Crippen LogP contribution in [0.1, 0.15) is 6.42 Å². The number of carbonyl (C=O) groups excluding carboxylic acids is 2. The molecule has 0 N–H and O–H groups in total. The third kappa shape index (κ3) is 3.23. The minimum absolute atomic E-state index is 0.0387. The summed E-state index contributed by atoms with van der Waals surface area (Å²) in [6.07, 6.45) is -0.0387. The fourth-order valence-electron chi connectivity index (χ4n) is 2.29. The second-order valence-corrected chi connectivity index (χ2v) is 6.64. The van der Waals surface area contributed by atoms with Crippen molar-refractivity contribution in [3.05, 3.63) is 59.1 Å². The SMILES string of the molecule is O=C1C[C@H](Sc2ccc(Cl)cc2)C(=O)N1c1ccc(F)cc1F. The minimum atomic E-state index is -0.941. The average Bonchev–Trinajstić information content (AvgIpc) is 2.77. The number of rotatable bonds is 3. The van der Waals surface area contributed by atoms with E-state index in [2.05, 4.69) is 0 Å². The van der Waals surface area contributed by atoms with Gasteiger partial charge in [0.25, 0.3) is 0 Å². The second-order valence-electron chi connectivity index (χ2n) is 4.93. The van der Waals surface area contributed by atoms with Crippen molar-refractivity contribution in [2.45, 2.75) is 16.6 Å². The van der Waals surface area contributed by atoms with Crippen LogP contribution in [0.15, 0.2) is 47.4 Å². The predicted molar refractivity (Wildman–Crippen MR) is 84.6 cm³/mol. The standard InChI is InChI=1S/C16H10ClF2NO2S/c17-9-1-4-11(5-2-9)23-14-8-15(21)20(16(14)22)13-6-3-10(18)7-12(13)19/h1-7,14H,8H2/t14-/m0/s1. The number of carbonyl (C=O) groups is 2. The van der Waals surface area contributed by atoms with Crippen LogP contribution in [0.2, 0.25) is 5.02 Å². The highest BCUT2D eigenvalue weighted by atomic mass is 35.5. The van der Waals surface area contributed by atoms with Gasteiger partial charge < -0.3 is 0 Å². The van der Waals surface area contributed by atoms with Crippen LogP contribution in [0.3, 0.4) is 0 Å². The summed E-state index contributed by atoms with van der Waals surface area (Å²) in [4.78, 5) is 26.1. The number of halogens is 3. The van der Waals surface area contributed by atoms with Crippen LogP contribution in [0.25, 0.3) is 0 Å². The molecule has 0 saturated carbocycles. The molecule has 2 amide bonds. The normalized spacial score (nSPS) is 17.9. The van der Waals surface area contributed by atoms with Crippen LogP contribution in [-0.2, 0) is 9.59 Å². The number of imide groups is 1. The molecule has 0 bridgehead atoms. The van der Waals surface area contributed by atoms with E-state index in [1.165, 1.54) is 11.8 Å². The second kappa shape index (κ2) is 6.29. The number of benzene rings is 2. The molecule has 1 aliphatic heterocycles. The lowest BCUT2D eigenvalue weighted by atomic mass is 10.2. The topological polar surface area (TPSA) is 37.4 Å². The van der Waals surface area contributed by atoms with Gasteiger partial charge in [-0.1, -0.05) is 11.6 Å². The molecule has 1 atom stereocenters. The third-order valence-electron chi connectivity index (χ3n) is 3.35. The lowest BCUT2D eigenvalue weighted by Gasteiger charge is -2.15. The summed E-state index contributed by atoms with van der Waals surface area (Å²) in [7, 11) is 0. The van der Waals surface area contributed by atoms with Gasteiger partial charge in [-0.25, -0.2) is 13.7 Å².